The summed E-state index contributed by atoms with van der Waals surface area (Å²) in [5, 5.41) is 9.85. The molecule has 0 aromatic carbocycles. The Morgan fingerprint density at radius 2 is 2.41 bits per heavy atom. The standard InChI is InChI=1S/C14H23N5O3/c1-22-9-12-5-11(17-18-12)6-16-14(21)10-3-2-4-19(7-10)8-13(15)20/h5,10H,2-4,6-9H2,1H3,(H2,15,20)(H,16,21)(H,17,18)/t10-/m1/s1. The number of carbonyl (C=O) groups is 2. The first-order chi connectivity index (χ1) is 10.6. The topological polar surface area (TPSA) is 113 Å². The third-order valence-electron chi connectivity index (χ3n) is 3.68. The van der Waals surface area contributed by atoms with Crippen LogP contribution in [-0.2, 0) is 27.5 Å². The highest BCUT2D eigenvalue weighted by molar-refractivity contribution is 5.79. The zero-order chi connectivity index (χ0) is 15.9. The Balaban J connectivity index is 1.79. The van der Waals surface area contributed by atoms with Gasteiger partial charge in [0, 0.05) is 13.7 Å². The first-order valence-corrected chi connectivity index (χ1v) is 7.39. The Bertz CT molecular complexity index is 516. The number of hydrogen-bond donors (Lipinski definition) is 3. The van der Waals surface area contributed by atoms with Crippen molar-refractivity contribution >= 4 is 11.8 Å². The summed E-state index contributed by atoms with van der Waals surface area (Å²) in [6, 6.07) is 1.87. The Morgan fingerprint density at radius 1 is 1.59 bits per heavy atom. The summed E-state index contributed by atoms with van der Waals surface area (Å²) in [5.74, 6) is -0.462. The van der Waals surface area contributed by atoms with Gasteiger partial charge in [-0.1, -0.05) is 0 Å². The van der Waals surface area contributed by atoms with Crippen molar-refractivity contribution in [1.82, 2.24) is 20.4 Å². The molecule has 2 amide bonds. The van der Waals surface area contributed by atoms with E-state index in [4.69, 9.17) is 10.5 Å². The number of hydrogen-bond acceptors (Lipinski definition) is 5. The number of primary amides is 1. The van der Waals surface area contributed by atoms with E-state index in [0.717, 1.165) is 30.8 Å². The average molecular weight is 309 g/mol. The van der Waals surface area contributed by atoms with Gasteiger partial charge in [-0.05, 0) is 25.5 Å². The molecule has 1 atom stereocenters. The van der Waals surface area contributed by atoms with Crippen LogP contribution in [0.5, 0.6) is 0 Å². The molecule has 0 radical (unpaired) electrons. The molecule has 8 heteroatoms. The Labute approximate surface area is 129 Å². The molecule has 0 spiro atoms. The van der Waals surface area contributed by atoms with Crippen molar-refractivity contribution in [3.63, 3.8) is 0 Å². The molecule has 1 fully saturated rings. The predicted molar refractivity (Wildman–Crippen MR) is 79.5 cm³/mol. The summed E-state index contributed by atoms with van der Waals surface area (Å²) in [6.07, 6.45) is 1.73. The van der Waals surface area contributed by atoms with E-state index in [1.807, 2.05) is 11.0 Å². The van der Waals surface area contributed by atoms with E-state index in [1.165, 1.54) is 0 Å². The molecule has 1 aliphatic rings. The lowest BCUT2D eigenvalue weighted by molar-refractivity contribution is -0.128. The van der Waals surface area contributed by atoms with Crippen LogP contribution < -0.4 is 11.1 Å². The number of nitrogens with zero attached hydrogens (tertiary/aromatic N) is 2. The van der Waals surface area contributed by atoms with Gasteiger partial charge >= 0.3 is 0 Å². The van der Waals surface area contributed by atoms with Crippen LogP contribution in [0, 0.1) is 5.92 Å². The van der Waals surface area contributed by atoms with Gasteiger partial charge in [0.1, 0.15) is 0 Å². The Hall–Kier alpha value is -1.93. The lowest BCUT2D eigenvalue weighted by atomic mass is 9.97. The fraction of sp³-hybridized carbons (Fsp3) is 0.643. The van der Waals surface area contributed by atoms with Crippen molar-refractivity contribution in [2.75, 3.05) is 26.7 Å². The molecular weight excluding hydrogens is 286 g/mol. The number of H-pyrrole nitrogens is 1. The van der Waals surface area contributed by atoms with E-state index in [0.29, 0.717) is 19.7 Å². The summed E-state index contributed by atoms with van der Waals surface area (Å²) < 4.78 is 4.99. The van der Waals surface area contributed by atoms with Gasteiger partial charge in [0.2, 0.25) is 11.8 Å². The lowest BCUT2D eigenvalue weighted by Gasteiger charge is -2.30. The first kappa shape index (κ1) is 16.4. The molecule has 22 heavy (non-hydrogen) atoms. The zero-order valence-electron chi connectivity index (χ0n) is 12.8. The van der Waals surface area contributed by atoms with E-state index in [-0.39, 0.29) is 24.3 Å². The van der Waals surface area contributed by atoms with Crippen molar-refractivity contribution in [2.45, 2.75) is 26.0 Å². The molecule has 1 aliphatic heterocycles. The van der Waals surface area contributed by atoms with Crippen molar-refractivity contribution in [1.29, 1.82) is 0 Å². The maximum Gasteiger partial charge on any atom is 0.231 e. The van der Waals surface area contributed by atoms with Crippen molar-refractivity contribution in [3.05, 3.63) is 17.5 Å². The first-order valence-electron chi connectivity index (χ1n) is 7.39. The number of methoxy groups -OCH3 is 1. The minimum atomic E-state index is -0.357. The smallest absolute Gasteiger partial charge is 0.231 e. The highest BCUT2D eigenvalue weighted by Crippen LogP contribution is 2.16. The number of likely N-dealkylation sites (tertiary alicyclic amines) is 1. The molecule has 1 saturated heterocycles. The van der Waals surface area contributed by atoms with Crippen LogP contribution in [0.25, 0.3) is 0 Å². The number of aromatic amines is 1. The largest absolute Gasteiger partial charge is 0.378 e. The summed E-state index contributed by atoms with van der Waals surface area (Å²) in [6.45, 7) is 2.45. The maximum absolute atomic E-state index is 12.2. The number of ether oxygens (including phenoxy) is 1. The Morgan fingerprint density at radius 3 is 3.14 bits per heavy atom. The SMILES string of the molecule is COCc1cc(CNC(=O)[C@@H]2CCCN(CC(N)=O)C2)[nH]n1. The summed E-state index contributed by atoms with van der Waals surface area (Å²) in [7, 11) is 1.61. The molecular formula is C14H23N5O3. The second-order valence-corrected chi connectivity index (χ2v) is 5.58. The molecule has 2 heterocycles. The minimum absolute atomic E-state index is 0.00272. The average Bonchev–Trinajstić information content (AvgIpc) is 2.92. The predicted octanol–water partition coefficient (Wildman–Crippen LogP) is -0.630. The van der Waals surface area contributed by atoms with E-state index < -0.39 is 0 Å². The summed E-state index contributed by atoms with van der Waals surface area (Å²) >= 11 is 0. The quantitative estimate of drug-likeness (QED) is 0.620. The van der Waals surface area contributed by atoms with Crippen LogP contribution in [-0.4, -0.2) is 53.7 Å². The molecule has 0 bridgehead atoms. The van der Waals surface area contributed by atoms with Gasteiger partial charge in [0.05, 0.1) is 37.0 Å². The van der Waals surface area contributed by atoms with Crippen LogP contribution >= 0.6 is 0 Å². The number of carbonyl (C=O) groups excluding carboxylic acids is 2. The minimum Gasteiger partial charge on any atom is -0.378 e. The van der Waals surface area contributed by atoms with Crippen molar-refractivity contribution < 1.29 is 14.3 Å². The van der Waals surface area contributed by atoms with E-state index in [9.17, 15) is 9.59 Å². The van der Waals surface area contributed by atoms with Crippen molar-refractivity contribution in [2.24, 2.45) is 11.7 Å². The third kappa shape index (κ3) is 4.81. The molecule has 1 aromatic heterocycles. The van der Waals surface area contributed by atoms with Gasteiger partial charge in [-0.3, -0.25) is 19.6 Å². The molecule has 0 unspecified atom stereocenters. The monoisotopic (exact) mass is 309 g/mol. The number of nitrogens with one attached hydrogen (secondary N) is 2. The highest BCUT2D eigenvalue weighted by atomic mass is 16.5. The van der Waals surface area contributed by atoms with Crippen LogP contribution in [0.1, 0.15) is 24.2 Å². The molecule has 1 aromatic rings. The summed E-state index contributed by atoms with van der Waals surface area (Å²) in [4.78, 5) is 25.1. The van der Waals surface area contributed by atoms with E-state index in [1.54, 1.807) is 7.11 Å². The van der Waals surface area contributed by atoms with Gasteiger partial charge in [0.15, 0.2) is 0 Å². The second-order valence-electron chi connectivity index (χ2n) is 5.58. The third-order valence-corrected chi connectivity index (χ3v) is 3.68. The molecule has 8 nitrogen and oxygen atoms in total. The van der Waals surface area contributed by atoms with E-state index in [2.05, 4.69) is 15.5 Å². The second kappa shape index (κ2) is 7.90. The van der Waals surface area contributed by atoms with Crippen LogP contribution in [0.4, 0.5) is 0 Å². The zero-order valence-corrected chi connectivity index (χ0v) is 12.8. The fourth-order valence-electron chi connectivity index (χ4n) is 2.68. The number of amides is 2. The Kier molecular flexibility index (Phi) is 5.91. The molecule has 0 saturated carbocycles. The normalized spacial score (nSPS) is 19.0. The number of rotatable bonds is 7. The molecule has 0 aliphatic carbocycles. The van der Waals surface area contributed by atoms with Gasteiger partial charge in [-0.2, -0.15) is 5.10 Å². The van der Waals surface area contributed by atoms with Gasteiger partial charge in [-0.25, -0.2) is 0 Å². The van der Waals surface area contributed by atoms with Gasteiger partial charge in [-0.15, -0.1) is 0 Å². The van der Waals surface area contributed by atoms with Crippen molar-refractivity contribution in [3.8, 4) is 0 Å². The van der Waals surface area contributed by atoms with Crippen LogP contribution in [0.3, 0.4) is 0 Å². The van der Waals surface area contributed by atoms with Crippen LogP contribution in [0.15, 0.2) is 6.07 Å². The van der Waals surface area contributed by atoms with E-state index >= 15 is 0 Å². The molecule has 2 rings (SSSR count). The fourth-order valence-corrected chi connectivity index (χ4v) is 2.68. The van der Waals surface area contributed by atoms with Crippen LogP contribution in [0.2, 0.25) is 0 Å². The van der Waals surface area contributed by atoms with Gasteiger partial charge in [0.25, 0.3) is 0 Å². The molecule has 4 N–H and O–H groups in total. The lowest BCUT2D eigenvalue weighted by Crippen LogP contribution is -2.45. The van der Waals surface area contributed by atoms with Gasteiger partial charge < -0.3 is 15.8 Å². The number of piperidine rings is 1. The number of nitrogens with two attached hydrogens (primary N) is 1. The summed E-state index contributed by atoms with van der Waals surface area (Å²) in [5.41, 5.74) is 6.84. The highest BCUT2D eigenvalue weighted by Gasteiger charge is 2.26. The molecule has 122 valence electrons. The maximum atomic E-state index is 12.2. The number of aromatic nitrogens is 2.